The van der Waals surface area contributed by atoms with Crippen molar-refractivity contribution in [2.24, 2.45) is 0 Å². The molecule has 1 aromatic heterocycles. The molecule has 0 radical (unpaired) electrons. The number of piperazine rings is 1. The molecule has 2 saturated heterocycles. The molecule has 8 nitrogen and oxygen atoms in total. The number of aromatic nitrogens is 1. The normalized spacial score (nSPS) is 22.8. The molecule has 0 N–H and O–H groups in total. The average Bonchev–Trinajstić information content (AvgIpc) is 2.61. The van der Waals surface area contributed by atoms with Crippen molar-refractivity contribution in [2.45, 2.75) is 25.8 Å². The van der Waals surface area contributed by atoms with E-state index >= 15 is 0 Å². The second-order valence-electron chi connectivity index (χ2n) is 6.97. The number of carbonyl (C=O) groups excluding carboxylic acids is 1. The van der Waals surface area contributed by atoms with Gasteiger partial charge in [0.1, 0.15) is 6.20 Å². The Hall–Kier alpha value is -2.06. The summed E-state index contributed by atoms with van der Waals surface area (Å²) >= 11 is 0. The monoisotopic (exact) mass is 347 g/mol. The predicted molar refractivity (Wildman–Crippen MR) is 93.6 cm³/mol. The molecule has 0 aliphatic carbocycles. The molecule has 25 heavy (non-hydrogen) atoms. The van der Waals surface area contributed by atoms with Crippen LogP contribution in [0.5, 0.6) is 0 Å². The fourth-order valence-corrected chi connectivity index (χ4v) is 3.74. The lowest BCUT2D eigenvalue weighted by Gasteiger charge is -2.42. The summed E-state index contributed by atoms with van der Waals surface area (Å²) in [7, 11) is 2.16. The molecule has 1 aromatic rings. The largest absolute Gasteiger partial charge is 0.336 e. The lowest BCUT2D eigenvalue weighted by atomic mass is 10.0. The number of carbonyl (C=O) groups is 1. The van der Waals surface area contributed by atoms with E-state index in [0.29, 0.717) is 30.4 Å². The Morgan fingerprint density at radius 2 is 2.00 bits per heavy atom. The Kier molecular flexibility index (Phi) is 5.29. The fourth-order valence-electron chi connectivity index (χ4n) is 3.74. The maximum Gasteiger partial charge on any atom is 0.288 e. The van der Waals surface area contributed by atoms with E-state index in [-0.39, 0.29) is 11.6 Å². The van der Waals surface area contributed by atoms with Crippen molar-refractivity contribution in [3.63, 3.8) is 0 Å². The Bertz CT molecular complexity index is 658. The highest BCUT2D eigenvalue weighted by molar-refractivity contribution is 5.95. The number of nitrogens with zero attached hydrogens (tertiary/aromatic N) is 5. The first-order valence-corrected chi connectivity index (χ1v) is 8.78. The predicted octanol–water partition coefficient (Wildman–Crippen LogP) is 1.15. The first kappa shape index (κ1) is 17.8. The quantitative estimate of drug-likeness (QED) is 0.602. The van der Waals surface area contributed by atoms with Crippen LogP contribution in [0.15, 0.2) is 12.3 Å². The number of amides is 1. The van der Waals surface area contributed by atoms with Gasteiger partial charge in [-0.2, -0.15) is 0 Å². The van der Waals surface area contributed by atoms with Gasteiger partial charge in [-0.3, -0.25) is 24.8 Å². The zero-order valence-electron chi connectivity index (χ0n) is 14.8. The SMILES string of the molecule is Cc1ncc([N+](=O)[O-])cc1C(=O)N1CCN(C2CCCN(C)C2)CC1. The van der Waals surface area contributed by atoms with Crippen molar-refractivity contribution in [3.05, 3.63) is 33.6 Å². The van der Waals surface area contributed by atoms with Gasteiger partial charge in [0.25, 0.3) is 11.6 Å². The maximum atomic E-state index is 12.8. The lowest BCUT2D eigenvalue weighted by molar-refractivity contribution is -0.385. The zero-order chi connectivity index (χ0) is 18.0. The van der Waals surface area contributed by atoms with Crippen LogP contribution in [-0.4, -0.2) is 82.9 Å². The van der Waals surface area contributed by atoms with Crippen molar-refractivity contribution >= 4 is 11.6 Å². The lowest BCUT2D eigenvalue weighted by Crippen LogP contribution is -2.55. The van der Waals surface area contributed by atoms with Gasteiger partial charge in [0.15, 0.2) is 0 Å². The molecule has 1 amide bonds. The van der Waals surface area contributed by atoms with Crippen LogP contribution in [0.1, 0.15) is 28.9 Å². The van der Waals surface area contributed by atoms with Gasteiger partial charge in [-0.15, -0.1) is 0 Å². The van der Waals surface area contributed by atoms with Crippen LogP contribution in [0.2, 0.25) is 0 Å². The van der Waals surface area contributed by atoms with Gasteiger partial charge in [-0.1, -0.05) is 0 Å². The molecule has 2 aliphatic heterocycles. The molecule has 1 atom stereocenters. The van der Waals surface area contributed by atoms with Gasteiger partial charge in [0.2, 0.25) is 0 Å². The van der Waals surface area contributed by atoms with Crippen molar-refractivity contribution in [2.75, 3.05) is 46.3 Å². The molecule has 3 heterocycles. The Morgan fingerprint density at radius 1 is 1.28 bits per heavy atom. The first-order chi connectivity index (χ1) is 12.0. The average molecular weight is 347 g/mol. The van der Waals surface area contributed by atoms with Crippen molar-refractivity contribution in [1.82, 2.24) is 19.7 Å². The second-order valence-corrected chi connectivity index (χ2v) is 6.97. The highest BCUT2D eigenvalue weighted by Crippen LogP contribution is 2.20. The number of nitro groups is 1. The molecular formula is C17H25N5O3. The van der Waals surface area contributed by atoms with E-state index in [1.165, 1.54) is 25.1 Å². The third-order valence-electron chi connectivity index (χ3n) is 5.23. The van der Waals surface area contributed by atoms with Crippen LogP contribution < -0.4 is 0 Å². The number of hydrogen-bond acceptors (Lipinski definition) is 6. The third kappa shape index (κ3) is 3.96. The molecule has 2 fully saturated rings. The Labute approximate surface area is 147 Å². The van der Waals surface area contributed by atoms with Gasteiger partial charge < -0.3 is 9.80 Å². The third-order valence-corrected chi connectivity index (χ3v) is 5.23. The Morgan fingerprint density at radius 3 is 2.64 bits per heavy atom. The molecule has 136 valence electrons. The number of aryl methyl sites for hydroxylation is 1. The number of likely N-dealkylation sites (tertiary alicyclic amines) is 1. The summed E-state index contributed by atoms with van der Waals surface area (Å²) < 4.78 is 0. The van der Waals surface area contributed by atoms with E-state index in [9.17, 15) is 14.9 Å². The molecule has 0 aromatic carbocycles. The molecular weight excluding hydrogens is 322 g/mol. The van der Waals surface area contributed by atoms with Gasteiger partial charge in [-0.25, -0.2) is 0 Å². The number of likely N-dealkylation sites (N-methyl/N-ethyl adjacent to an activating group) is 1. The molecule has 2 aliphatic rings. The van der Waals surface area contributed by atoms with E-state index in [2.05, 4.69) is 21.8 Å². The van der Waals surface area contributed by atoms with Crippen molar-refractivity contribution in [3.8, 4) is 0 Å². The summed E-state index contributed by atoms with van der Waals surface area (Å²) in [6.45, 7) is 6.97. The van der Waals surface area contributed by atoms with E-state index in [1.54, 1.807) is 11.8 Å². The number of rotatable bonds is 3. The number of pyridine rings is 1. The van der Waals surface area contributed by atoms with Gasteiger partial charge in [0, 0.05) is 44.8 Å². The summed E-state index contributed by atoms with van der Waals surface area (Å²) in [5, 5.41) is 10.9. The highest BCUT2D eigenvalue weighted by Gasteiger charge is 2.29. The minimum atomic E-state index is -0.513. The number of piperidine rings is 1. The summed E-state index contributed by atoms with van der Waals surface area (Å²) in [5.41, 5.74) is 0.727. The van der Waals surface area contributed by atoms with E-state index in [1.807, 2.05) is 0 Å². The summed E-state index contributed by atoms with van der Waals surface area (Å²) in [6, 6.07) is 1.91. The molecule has 3 rings (SSSR count). The minimum Gasteiger partial charge on any atom is -0.336 e. The molecule has 0 bridgehead atoms. The van der Waals surface area contributed by atoms with E-state index < -0.39 is 4.92 Å². The van der Waals surface area contributed by atoms with Crippen LogP contribution in [0.4, 0.5) is 5.69 Å². The zero-order valence-corrected chi connectivity index (χ0v) is 14.8. The maximum absolute atomic E-state index is 12.8. The van der Waals surface area contributed by atoms with Gasteiger partial charge >= 0.3 is 0 Å². The fraction of sp³-hybridized carbons (Fsp3) is 0.647. The summed E-state index contributed by atoms with van der Waals surface area (Å²) in [6.07, 6.45) is 3.63. The van der Waals surface area contributed by atoms with Crippen LogP contribution in [-0.2, 0) is 0 Å². The van der Waals surface area contributed by atoms with Crippen LogP contribution >= 0.6 is 0 Å². The van der Waals surface area contributed by atoms with E-state index in [4.69, 9.17) is 0 Å². The molecule has 1 unspecified atom stereocenters. The van der Waals surface area contributed by atoms with Gasteiger partial charge in [0.05, 0.1) is 16.2 Å². The summed E-state index contributed by atoms with van der Waals surface area (Å²) in [4.78, 5) is 33.8. The van der Waals surface area contributed by atoms with E-state index in [0.717, 1.165) is 26.2 Å². The first-order valence-electron chi connectivity index (χ1n) is 8.78. The summed E-state index contributed by atoms with van der Waals surface area (Å²) in [5.74, 6) is -0.158. The second kappa shape index (κ2) is 7.45. The smallest absolute Gasteiger partial charge is 0.288 e. The molecule has 0 spiro atoms. The number of hydrogen-bond donors (Lipinski definition) is 0. The van der Waals surface area contributed by atoms with Crippen LogP contribution in [0, 0.1) is 17.0 Å². The van der Waals surface area contributed by atoms with Crippen molar-refractivity contribution in [1.29, 1.82) is 0 Å². The van der Waals surface area contributed by atoms with Crippen molar-refractivity contribution < 1.29 is 9.72 Å². The highest BCUT2D eigenvalue weighted by atomic mass is 16.6. The standard InChI is InChI=1S/C17H25N5O3/c1-13-16(10-15(11-18-13)22(24)25)17(23)21-8-6-20(7-9-21)14-4-3-5-19(2)12-14/h10-11,14H,3-9,12H2,1-2H3. The molecule has 0 saturated carbocycles. The Balaban J connectivity index is 1.64. The van der Waals surface area contributed by atoms with Gasteiger partial charge in [-0.05, 0) is 33.4 Å². The van der Waals surface area contributed by atoms with Crippen LogP contribution in [0.3, 0.4) is 0 Å². The van der Waals surface area contributed by atoms with Crippen LogP contribution in [0.25, 0.3) is 0 Å². The molecule has 8 heteroatoms. The topological polar surface area (TPSA) is 82.8 Å². The minimum absolute atomic E-state index is 0.141.